The Balaban J connectivity index is 1.93. The monoisotopic (exact) mass is 482 g/mol. The number of likely N-dealkylation sites (tertiary alicyclic amines) is 1. The van der Waals surface area contributed by atoms with Gasteiger partial charge in [0.05, 0.1) is 45.7 Å². The lowest BCUT2D eigenvalue weighted by Crippen LogP contribution is -2.52. The summed E-state index contributed by atoms with van der Waals surface area (Å²) in [6, 6.07) is 5.05. The van der Waals surface area contributed by atoms with Crippen molar-refractivity contribution < 1.29 is 38.7 Å². The molecular weight excluding hydrogens is 444 g/mol. The van der Waals surface area contributed by atoms with Crippen LogP contribution in [0.5, 0.6) is 5.75 Å². The molecule has 0 aromatic heterocycles. The van der Waals surface area contributed by atoms with Crippen molar-refractivity contribution >= 4 is 12.0 Å². The van der Waals surface area contributed by atoms with Gasteiger partial charge in [-0.15, -0.1) is 0 Å². The summed E-state index contributed by atoms with van der Waals surface area (Å²) >= 11 is 0. The first-order valence-corrected chi connectivity index (χ1v) is 11.5. The van der Waals surface area contributed by atoms with Crippen molar-refractivity contribution in [1.29, 1.82) is 0 Å². The zero-order valence-electron chi connectivity index (χ0n) is 20.6. The standard InChI is InChI=1S/C24H38N2O8/c1-24(2,3)26(23(29)30)21(18-5-7-19(27)8-6-18)22(28)25-10-9-20(17-25)34-16-15-33-14-13-32-12-11-31-4/h5-8,20-21,27H,9-17H2,1-4H3,(H,29,30)/t20-,21-/m0/s1. The molecule has 1 heterocycles. The lowest BCUT2D eigenvalue weighted by Gasteiger charge is -2.40. The van der Waals surface area contributed by atoms with Gasteiger partial charge in [0.1, 0.15) is 11.8 Å². The van der Waals surface area contributed by atoms with Crippen LogP contribution in [0.4, 0.5) is 4.79 Å². The van der Waals surface area contributed by atoms with Gasteiger partial charge in [0.15, 0.2) is 0 Å². The fourth-order valence-electron chi connectivity index (χ4n) is 3.82. The Morgan fingerprint density at radius 3 is 2.21 bits per heavy atom. The maximum absolute atomic E-state index is 13.5. The van der Waals surface area contributed by atoms with Gasteiger partial charge < -0.3 is 34.1 Å². The summed E-state index contributed by atoms with van der Waals surface area (Å²) < 4.78 is 21.6. The van der Waals surface area contributed by atoms with Gasteiger partial charge in [0.25, 0.3) is 0 Å². The van der Waals surface area contributed by atoms with Crippen LogP contribution in [0, 0.1) is 0 Å². The van der Waals surface area contributed by atoms with Crippen molar-refractivity contribution in [2.45, 2.75) is 44.9 Å². The molecule has 2 N–H and O–H groups in total. The topological polar surface area (TPSA) is 118 Å². The lowest BCUT2D eigenvalue weighted by molar-refractivity contribution is -0.138. The van der Waals surface area contributed by atoms with E-state index in [1.807, 2.05) is 0 Å². The first-order chi connectivity index (χ1) is 16.1. The zero-order valence-corrected chi connectivity index (χ0v) is 20.6. The fraction of sp³-hybridized carbons (Fsp3) is 0.667. The van der Waals surface area contributed by atoms with Gasteiger partial charge >= 0.3 is 6.09 Å². The molecule has 1 saturated heterocycles. The summed E-state index contributed by atoms with van der Waals surface area (Å²) in [5, 5.41) is 19.6. The third kappa shape index (κ3) is 8.43. The van der Waals surface area contributed by atoms with E-state index >= 15 is 0 Å². The molecule has 0 bridgehead atoms. The molecule has 10 nitrogen and oxygen atoms in total. The first-order valence-electron chi connectivity index (χ1n) is 11.5. The number of carboxylic acid groups (broad SMARTS) is 1. The summed E-state index contributed by atoms with van der Waals surface area (Å²) in [6.07, 6.45) is -0.662. The lowest BCUT2D eigenvalue weighted by atomic mass is 9.97. The quantitative estimate of drug-likeness (QED) is 0.412. The van der Waals surface area contributed by atoms with E-state index in [-0.39, 0.29) is 17.8 Å². The molecule has 1 aliphatic heterocycles. The van der Waals surface area contributed by atoms with Crippen LogP contribution in [-0.4, -0.2) is 103 Å². The van der Waals surface area contributed by atoms with E-state index in [1.54, 1.807) is 44.9 Å². The number of benzene rings is 1. The number of nitrogens with zero attached hydrogens (tertiary/aromatic N) is 2. The zero-order chi connectivity index (χ0) is 25.1. The highest BCUT2D eigenvalue weighted by atomic mass is 16.6. The molecule has 1 aromatic rings. The Bertz CT molecular complexity index is 765. The van der Waals surface area contributed by atoms with Crippen LogP contribution >= 0.6 is 0 Å². The largest absolute Gasteiger partial charge is 0.508 e. The number of aromatic hydroxyl groups is 1. The van der Waals surface area contributed by atoms with Crippen molar-refractivity contribution in [3.8, 4) is 5.75 Å². The highest BCUT2D eigenvalue weighted by molar-refractivity contribution is 5.87. The van der Waals surface area contributed by atoms with Crippen molar-refractivity contribution in [2.75, 3.05) is 59.8 Å². The number of hydrogen-bond acceptors (Lipinski definition) is 7. The minimum Gasteiger partial charge on any atom is -0.508 e. The van der Waals surface area contributed by atoms with Crippen molar-refractivity contribution in [1.82, 2.24) is 9.80 Å². The van der Waals surface area contributed by atoms with Crippen LogP contribution < -0.4 is 0 Å². The Kier molecular flexibility index (Phi) is 11.0. The van der Waals surface area contributed by atoms with E-state index in [0.717, 1.165) is 0 Å². The van der Waals surface area contributed by atoms with Crippen LogP contribution in [0.2, 0.25) is 0 Å². The van der Waals surface area contributed by atoms with Crippen molar-refractivity contribution in [3.05, 3.63) is 29.8 Å². The Labute approximate surface area is 201 Å². The molecule has 10 heteroatoms. The molecule has 0 aliphatic carbocycles. The van der Waals surface area contributed by atoms with Crippen LogP contribution in [0.1, 0.15) is 38.8 Å². The maximum Gasteiger partial charge on any atom is 0.408 e. The molecule has 2 atom stereocenters. The second-order valence-corrected chi connectivity index (χ2v) is 9.10. The number of amides is 2. The Morgan fingerprint density at radius 1 is 1.06 bits per heavy atom. The molecule has 1 fully saturated rings. The molecule has 0 saturated carbocycles. The SMILES string of the molecule is COCCOCCOCCO[C@H]1CCN(C(=O)[C@H](c2ccc(O)cc2)N(C(=O)O)C(C)(C)C)C1. The second kappa shape index (κ2) is 13.5. The van der Waals surface area contributed by atoms with Crippen molar-refractivity contribution in [3.63, 3.8) is 0 Å². The molecule has 0 radical (unpaired) electrons. The highest BCUT2D eigenvalue weighted by Crippen LogP contribution is 2.32. The maximum atomic E-state index is 13.5. The summed E-state index contributed by atoms with van der Waals surface area (Å²) in [5.41, 5.74) is -0.310. The molecule has 192 valence electrons. The third-order valence-electron chi connectivity index (χ3n) is 5.47. The molecule has 1 aromatic carbocycles. The summed E-state index contributed by atoms with van der Waals surface area (Å²) in [4.78, 5) is 28.5. The second-order valence-electron chi connectivity index (χ2n) is 9.10. The first kappa shape index (κ1) is 27.8. The molecule has 0 spiro atoms. The highest BCUT2D eigenvalue weighted by Gasteiger charge is 2.42. The van der Waals surface area contributed by atoms with E-state index in [4.69, 9.17) is 18.9 Å². The predicted molar refractivity (Wildman–Crippen MR) is 125 cm³/mol. The average Bonchev–Trinajstić information content (AvgIpc) is 3.24. The van der Waals surface area contributed by atoms with E-state index in [0.29, 0.717) is 64.7 Å². The third-order valence-corrected chi connectivity index (χ3v) is 5.47. The smallest absolute Gasteiger partial charge is 0.408 e. The molecule has 2 rings (SSSR count). The van der Waals surface area contributed by atoms with Crippen LogP contribution in [0.15, 0.2) is 24.3 Å². The van der Waals surface area contributed by atoms with Crippen molar-refractivity contribution in [2.24, 2.45) is 0 Å². The van der Waals surface area contributed by atoms with Gasteiger partial charge in [-0.05, 0) is 44.9 Å². The van der Waals surface area contributed by atoms with Gasteiger partial charge in [-0.1, -0.05) is 12.1 Å². The minimum atomic E-state index is -1.19. The Morgan fingerprint density at radius 2 is 1.65 bits per heavy atom. The molecular formula is C24H38N2O8. The Hall–Kier alpha value is -2.40. The molecule has 2 amide bonds. The van der Waals surface area contributed by atoms with Gasteiger partial charge in [-0.25, -0.2) is 4.79 Å². The normalized spacial score (nSPS) is 17.1. The van der Waals surface area contributed by atoms with Gasteiger partial charge in [0, 0.05) is 25.7 Å². The predicted octanol–water partition coefficient (Wildman–Crippen LogP) is 2.51. The number of hydrogen-bond donors (Lipinski definition) is 2. The summed E-state index contributed by atoms with van der Waals surface area (Å²) in [5.74, 6) is -0.260. The van der Waals surface area contributed by atoms with Crippen LogP contribution in [0.25, 0.3) is 0 Å². The number of carbonyl (C=O) groups is 2. The van der Waals surface area contributed by atoms with E-state index in [2.05, 4.69) is 0 Å². The van der Waals surface area contributed by atoms with E-state index < -0.39 is 17.7 Å². The summed E-state index contributed by atoms with van der Waals surface area (Å²) in [6.45, 7) is 8.96. The van der Waals surface area contributed by atoms with E-state index in [1.165, 1.54) is 17.0 Å². The van der Waals surface area contributed by atoms with Gasteiger partial charge in [-0.3, -0.25) is 9.69 Å². The summed E-state index contributed by atoms with van der Waals surface area (Å²) in [7, 11) is 1.62. The minimum absolute atomic E-state index is 0.0472. The van der Waals surface area contributed by atoms with Crippen LogP contribution in [0.3, 0.4) is 0 Å². The number of phenolic OH excluding ortho intramolecular Hbond substituents is 1. The van der Waals surface area contributed by atoms with Crippen LogP contribution in [-0.2, 0) is 23.7 Å². The average molecular weight is 483 g/mol. The van der Waals surface area contributed by atoms with E-state index in [9.17, 15) is 19.8 Å². The molecule has 1 aliphatic rings. The number of phenols is 1. The number of ether oxygens (including phenoxy) is 4. The number of rotatable bonds is 13. The molecule has 0 unspecified atom stereocenters. The number of carbonyl (C=O) groups excluding carboxylic acids is 1. The van der Waals surface area contributed by atoms with Gasteiger partial charge in [-0.2, -0.15) is 0 Å². The number of methoxy groups -OCH3 is 1. The fourth-order valence-corrected chi connectivity index (χ4v) is 3.82. The molecule has 34 heavy (non-hydrogen) atoms. The van der Waals surface area contributed by atoms with Gasteiger partial charge in [0.2, 0.25) is 5.91 Å².